The van der Waals surface area contributed by atoms with E-state index in [0.717, 1.165) is 66.0 Å². The third-order valence-electron chi connectivity index (χ3n) is 9.67. The van der Waals surface area contributed by atoms with Gasteiger partial charge >= 0.3 is 0 Å². The number of rotatable bonds is 7. The van der Waals surface area contributed by atoms with E-state index in [1.54, 1.807) is 0 Å². The number of nitriles is 3. The van der Waals surface area contributed by atoms with Crippen LogP contribution in [0, 0.1) is 34.0 Å². The smallest absolute Gasteiger partial charge is 0.0991 e. The molecule has 6 aromatic carbocycles. The lowest BCUT2D eigenvalue weighted by Gasteiger charge is -2.13. The van der Waals surface area contributed by atoms with Gasteiger partial charge in [0.1, 0.15) is 0 Å². The Hall–Kier alpha value is -7.13. The summed E-state index contributed by atoms with van der Waals surface area (Å²) in [5.41, 5.74) is 10.6. The maximum Gasteiger partial charge on any atom is 0.0991 e. The number of aromatic nitrogens is 2. The molecule has 1 atom stereocenters. The quantitative estimate of drug-likeness (QED) is 0.127. The summed E-state index contributed by atoms with van der Waals surface area (Å²) in [6.45, 7) is 2.12. The average Bonchev–Trinajstić information content (AvgIpc) is 3.70. The highest BCUT2D eigenvalue weighted by molar-refractivity contribution is 6.10. The van der Waals surface area contributed by atoms with Crippen molar-refractivity contribution in [3.8, 4) is 35.0 Å². The molecular formula is C46H31N5. The zero-order chi connectivity index (χ0) is 34.9. The minimum Gasteiger partial charge on any atom is -0.334 e. The molecule has 0 saturated heterocycles. The van der Waals surface area contributed by atoms with Crippen molar-refractivity contribution in [3.05, 3.63) is 174 Å². The van der Waals surface area contributed by atoms with Crippen molar-refractivity contribution in [3.63, 3.8) is 0 Å². The van der Waals surface area contributed by atoms with Crippen LogP contribution in [0.4, 0.5) is 0 Å². The molecule has 0 amide bonds. The highest BCUT2D eigenvalue weighted by atomic mass is 15.0. The molecule has 0 spiro atoms. The largest absolute Gasteiger partial charge is 0.334 e. The Morgan fingerprint density at radius 2 is 1.22 bits per heavy atom. The summed E-state index contributed by atoms with van der Waals surface area (Å²) in [6, 6.07) is 52.2. The van der Waals surface area contributed by atoms with Crippen LogP contribution < -0.4 is 0 Å². The highest BCUT2D eigenvalue weighted by Gasteiger charge is 2.15. The van der Waals surface area contributed by atoms with Crippen LogP contribution in [-0.2, 0) is 6.42 Å². The van der Waals surface area contributed by atoms with Crippen LogP contribution >= 0.6 is 0 Å². The Morgan fingerprint density at radius 1 is 0.608 bits per heavy atom. The zero-order valence-corrected chi connectivity index (χ0v) is 28.0. The zero-order valence-electron chi connectivity index (χ0n) is 28.0. The van der Waals surface area contributed by atoms with Crippen molar-refractivity contribution >= 4 is 43.6 Å². The van der Waals surface area contributed by atoms with Crippen LogP contribution in [0.25, 0.3) is 60.4 Å². The molecule has 8 rings (SSSR count). The van der Waals surface area contributed by atoms with Crippen molar-refractivity contribution in [2.45, 2.75) is 19.4 Å². The van der Waals surface area contributed by atoms with Crippen molar-refractivity contribution in [1.29, 1.82) is 15.8 Å². The van der Waals surface area contributed by atoms with Crippen LogP contribution in [0.3, 0.4) is 0 Å². The van der Waals surface area contributed by atoms with Crippen molar-refractivity contribution in [1.82, 2.24) is 9.13 Å². The molecule has 0 fully saturated rings. The SMILES string of the molecule is CC(/C=C\C(C#N)=C/Cc1cccc(-c2ccc(-n3c4ccccc4c4cc(C#N)ccc43)cc2)c1)n1c2ccccc2c2cc(C#N)ccc21. The van der Waals surface area contributed by atoms with Gasteiger partial charge in [-0.2, -0.15) is 15.8 Å². The van der Waals surface area contributed by atoms with Gasteiger partial charge in [0, 0.05) is 49.9 Å². The van der Waals surface area contributed by atoms with Gasteiger partial charge in [-0.05, 0) is 96.8 Å². The molecule has 0 saturated carbocycles. The summed E-state index contributed by atoms with van der Waals surface area (Å²) in [7, 11) is 0. The normalized spacial score (nSPS) is 12.4. The Kier molecular flexibility index (Phi) is 7.98. The van der Waals surface area contributed by atoms with Gasteiger partial charge in [0.2, 0.25) is 0 Å². The van der Waals surface area contributed by atoms with Crippen LogP contribution in [0.15, 0.2) is 157 Å². The first-order chi connectivity index (χ1) is 25.1. The Morgan fingerprint density at radius 3 is 1.92 bits per heavy atom. The topological polar surface area (TPSA) is 81.2 Å². The lowest BCUT2D eigenvalue weighted by Crippen LogP contribution is -2.01. The second kappa shape index (κ2) is 13.1. The number of nitrogens with zero attached hydrogens (tertiary/aromatic N) is 5. The number of benzene rings is 6. The molecule has 0 bridgehead atoms. The molecule has 2 heterocycles. The van der Waals surface area contributed by atoms with Gasteiger partial charge in [-0.25, -0.2) is 0 Å². The third kappa shape index (κ3) is 5.62. The van der Waals surface area contributed by atoms with Crippen molar-refractivity contribution < 1.29 is 0 Å². The van der Waals surface area contributed by atoms with Crippen LogP contribution in [-0.4, -0.2) is 9.13 Å². The van der Waals surface area contributed by atoms with Gasteiger partial charge in [-0.1, -0.05) is 84.9 Å². The van der Waals surface area contributed by atoms with E-state index in [-0.39, 0.29) is 6.04 Å². The lowest BCUT2D eigenvalue weighted by molar-refractivity contribution is 0.710. The first-order valence-corrected chi connectivity index (χ1v) is 16.9. The number of para-hydroxylation sites is 2. The molecule has 5 heteroatoms. The first kappa shape index (κ1) is 31.2. The molecule has 51 heavy (non-hydrogen) atoms. The summed E-state index contributed by atoms with van der Waals surface area (Å²) < 4.78 is 4.51. The van der Waals surface area contributed by atoms with Crippen LogP contribution in [0.5, 0.6) is 0 Å². The van der Waals surface area contributed by atoms with E-state index < -0.39 is 0 Å². The van der Waals surface area contributed by atoms with E-state index in [4.69, 9.17) is 0 Å². The highest BCUT2D eigenvalue weighted by Crippen LogP contribution is 2.35. The third-order valence-corrected chi connectivity index (χ3v) is 9.67. The van der Waals surface area contributed by atoms with E-state index in [0.29, 0.717) is 23.1 Å². The fourth-order valence-electron chi connectivity index (χ4n) is 7.22. The van der Waals surface area contributed by atoms with Crippen molar-refractivity contribution in [2.24, 2.45) is 0 Å². The maximum absolute atomic E-state index is 10.0. The molecule has 0 aliphatic carbocycles. The summed E-state index contributed by atoms with van der Waals surface area (Å²) in [6.07, 6.45) is 6.59. The van der Waals surface area contributed by atoms with Crippen LogP contribution in [0.2, 0.25) is 0 Å². The molecule has 8 aromatic rings. The molecule has 0 N–H and O–H groups in total. The summed E-state index contributed by atoms with van der Waals surface area (Å²) >= 11 is 0. The second-order valence-electron chi connectivity index (χ2n) is 12.7. The lowest BCUT2D eigenvalue weighted by atomic mass is 10.0. The summed E-state index contributed by atoms with van der Waals surface area (Å²) in [4.78, 5) is 0. The van der Waals surface area contributed by atoms with Crippen LogP contribution in [0.1, 0.15) is 29.7 Å². The molecule has 0 aliphatic heterocycles. The summed E-state index contributed by atoms with van der Waals surface area (Å²) in [5, 5.41) is 33.3. The molecular weight excluding hydrogens is 623 g/mol. The molecule has 1 unspecified atom stereocenters. The van der Waals surface area contributed by atoms with Crippen molar-refractivity contribution in [2.75, 3.05) is 0 Å². The van der Waals surface area contributed by atoms with Gasteiger partial charge in [-0.3, -0.25) is 0 Å². The van der Waals surface area contributed by atoms with E-state index in [9.17, 15) is 15.8 Å². The van der Waals surface area contributed by atoms with E-state index in [1.165, 1.54) is 0 Å². The molecule has 0 aliphatic rings. The number of hydrogen-bond acceptors (Lipinski definition) is 3. The Balaban J connectivity index is 1.04. The van der Waals surface area contributed by atoms with E-state index in [2.05, 4.69) is 113 Å². The molecule has 2 aromatic heterocycles. The number of allylic oxidation sites excluding steroid dienone is 4. The van der Waals surface area contributed by atoms with Gasteiger partial charge < -0.3 is 9.13 Å². The minimum atomic E-state index is -0.0130. The van der Waals surface area contributed by atoms with Gasteiger partial charge in [0.15, 0.2) is 0 Å². The summed E-state index contributed by atoms with van der Waals surface area (Å²) in [5.74, 6) is 0. The fourth-order valence-corrected chi connectivity index (χ4v) is 7.22. The van der Waals surface area contributed by atoms with Gasteiger partial charge in [0.05, 0.1) is 40.4 Å². The number of hydrogen-bond donors (Lipinski definition) is 0. The average molecular weight is 654 g/mol. The fraction of sp³-hybridized carbons (Fsp3) is 0.0652. The molecule has 5 nitrogen and oxygen atoms in total. The number of fused-ring (bicyclic) bond motifs is 6. The monoisotopic (exact) mass is 653 g/mol. The predicted molar refractivity (Wildman–Crippen MR) is 206 cm³/mol. The van der Waals surface area contributed by atoms with Gasteiger partial charge in [0.25, 0.3) is 0 Å². The first-order valence-electron chi connectivity index (χ1n) is 16.9. The van der Waals surface area contributed by atoms with Gasteiger partial charge in [-0.15, -0.1) is 0 Å². The Labute approximate surface area is 296 Å². The standard InChI is InChI=1S/C46H31N5/c1-31(50-43-11-4-2-9-39(43)41-26-34(29-48)17-23-45(41)50)13-14-33(28-47)16-15-32-7-6-8-37(25-32)36-19-21-38(22-20-36)51-44-12-5-3-10-40(44)42-27-35(30-49)18-24-46(42)51/h2-14,16-27,31H,15H2,1H3/b14-13-,33-16+. The Bertz CT molecular complexity index is 2820. The molecule has 240 valence electrons. The van der Waals surface area contributed by atoms with E-state index in [1.807, 2.05) is 72.8 Å². The minimum absolute atomic E-state index is 0.0130. The maximum atomic E-state index is 10.0. The predicted octanol–water partition coefficient (Wildman–Crippen LogP) is 11.1. The molecule has 0 radical (unpaired) electrons. The van der Waals surface area contributed by atoms with E-state index >= 15 is 0 Å². The second-order valence-corrected chi connectivity index (χ2v) is 12.7.